The Kier molecular flexibility index (Phi) is 10.0. The van der Waals surface area contributed by atoms with Crippen LogP contribution in [0.5, 0.6) is 5.75 Å². The van der Waals surface area contributed by atoms with Crippen molar-refractivity contribution in [3.05, 3.63) is 29.8 Å². The molecule has 0 fully saturated rings. The molecule has 0 heterocycles. The van der Waals surface area contributed by atoms with Crippen molar-refractivity contribution in [2.24, 2.45) is 0 Å². The Morgan fingerprint density at radius 3 is 2.40 bits per heavy atom. The SMILES string of the molecule is CC.CCc1ccc(OC(C)CCC(=O)NC=O)cc1. The Bertz CT molecular complexity index is 387. The van der Waals surface area contributed by atoms with Crippen LogP contribution in [0.1, 0.15) is 46.1 Å². The average Bonchev–Trinajstić information content (AvgIpc) is 2.48. The molecule has 0 aliphatic heterocycles. The van der Waals surface area contributed by atoms with Crippen molar-refractivity contribution in [3.63, 3.8) is 0 Å². The van der Waals surface area contributed by atoms with Gasteiger partial charge in [-0.3, -0.25) is 14.9 Å². The summed E-state index contributed by atoms with van der Waals surface area (Å²) in [5.74, 6) is 0.525. The summed E-state index contributed by atoms with van der Waals surface area (Å²) in [6.07, 6.45) is 2.20. The first-order valence-corrected chi connectivity index (χ1v) is 7.14. The van der Waals surface area contributed by atoms with Crippen LogP contribution in [-0.2, 0) is 16.0 Å². The van der Waals surface area contributed by atoms with E-state index in [0.29, 0.717) is 12.8 Å². The molecule has 1 unspecified atom stereocenters. The molecular formula is C16H25NO3. The number of aryl methyl sites for hydroxylation is 1. The summed E-state index contributed by atoms with van der Waals surface area (Å²) in [7, 11) is 0. The molecule has 0 aromatic heterocycles. The van der Waals surface area contributed by atoms with Crippen LogP contribution in [0.4, 0.5) is 0 Å². The number of nitrogens with one attached hydrogen (secondary N) is 1. The molecule has 0 saturated heterocycles. The Hall–Kier alpha value is -1.84. The van der Waals surface area contributed by atoms with E-state index in [1.807, 2.05) is 45.0 Å². The second-order valence-corrected chi connectivity index (χ2v) is 4.15. The molecule has 0 aliphatic rings. The van der Waals surface area contributed by atoms with Crippen LogP contribution in [0, 0.1) is 0 Å². The van der Waals surface area contributed by atoms with Crippen molar-refractivity contribution >= 4 is 12.3 Å². The van der Waals surface area contributed by atoms with Crippen LogP contribution in [-0.4, -0.2) is 18.4 Å². The van der Waals surface area contributed by atoms with Gasteiger partial charge in [-0.05, 0) is 37.5 Å². The Morgan fingerprint density at radius 2 is 1.90 bits per heavy atom. The molecule has 0 saturated carbocycles. The molecule has 1 rings (SSSR count). The molecule has 0 bridgehead atoms. The second kappa shape index (κ2) is 11.0. The predicted molar refractivity (Wildman–Crippen MR) is 80.7 cm³/mol. The topological polar surface area (TPSA) is 55.4 Å². The highest BCUT2D eigenvalue weighted by molar-refractivity contribution is 5.85. The highest BCUT2D eigenvalue weighted by Gasteiger charge is 2.07. The van der Waals surface area contributed by atoms with E-state index < -0.39 is 0 Å². The third-order valence-corrected chi connectivity index (χ3v) is 2.67. The van der Waals surface area contributed by atoms with Gasteiger partial charge in [-0.1, -0.05) is 32.9 Å². The fraction of sp³-hybridized carbons (Fsp3) is 0.500. The van der Waals surface area contributed by atoms with E-state index in [0.717, 1.165) is 12.2 Å². The monoisotopic (exact) mass is 279 g/mol. The minimum atomic E-state index is -0.276. The average molecular weight is 279 g/mol. The summed E-state index contributed by atoms with van der Waals surface area (Å²) >= 11 is 0. The van der Waals surface area contributed by atoms with E-state index in [-0.39, 0.29) is 18.4 Å². The molecule has 4 nitrogen and oxygen atoms in total. The van der Waals surface area contributed by atoms with E-state index in [9.17, 15) is 9.59 Å². The summed E-state index contributed by atoms with van der Waals surface area (Å²) < 4.78 is 5.67. The fourth-order valence-electron chi connectivity index (χ4n) is 1.57. The molecule has 0 spiro atoms. The van der Waals surface area contributed by atoms with Gasteiger partial charge in [0.2, 0.25) is 12.3 Å². The number of hydrogen-bond acceptors (Lipinski definition) is 3. The van der Waals surface area contributed by atoms with Gasteiger partial charge >= 0.3 is 0 Å². The largest absolute Gasteiger partial charge is 0.491 e. The summed E-state index contributed by atoms with van der Waals surface area (Å²) in [5, 5.41) is 2.10. The third-order valence-electron chi connectivity index (χ3n) is 2.67. The van der Waals surface area contributed by atoms with Crippen molar-refractivity contribution in [2.45, 2.75) is 53.1 Å². The van der Waals surface area contributed by atoms with Gasteiger partial charge in [0, 0.05) is 6.42 Å². The first-order valence-electron chi connectivity index (χ1n) is 7.14. The Labute approximate surface area is 121 Å². The molecule has 1 atom stereocenters. The number of benzene rings is 1. The standard InChI is InChI=1S/C14H19NO3.C2H6/c1-3-12-5-7-13(8-6-12)18-11(2)4-9-14(17)15-10-16;1-2/h5-8,10-11H,3-4,9H2,1-2H3,(H,15,16,17);1-2H3. The molecule has 1 aromatic carbocycles. The molecule has 112 valence electrons. The Morgan fingerprint density at radius 1 is 1.30 bits per heavy atom. The van der Waals surface area contributed by atoms with E-state index in [4.69, 9.17) is 4.74 Å². The maximum Gasteiger partial charge on any atom is 0.226 e. The van der Waals surface area contributed by atoms with Crippen molar-refractivity contribution in [1.82, 2.24) is 5.32 Å². The number of amides is 2. The summed E-state index contributed by atoms with van der Waals surface area (Å²) in [6.45, 7) is 8.01. The fourth-order valence-corrected chi connectivity index (χ4v) is 1.57. The van der Waals surface area contributed by atoms with E-state index in [2.05, 4.69) is 12.2 Å². The first-order chi connectivity index (χ1) is 9.65. The van der Waals surface area contributed by atoms with Gasteiger partial charge < -0.3 is 4.74 Å². The lowest BCUT2D eigenvalue weighted by Gasteiger charge is -2.14. The zero-order valence-electron chi connectivity index (χ0n) is 12.8. The van der Waals surface area contributed by atoms with Crippen molar-refractivity contribution in [2.75, 3.05) is 0 Å². The lowest BCUT2D eigenvalue weighted by atomic mass is 10.1. The van der Waals surface area contributed by atoms with E-state index in [1.54, 1.807) is 0 Å². The first kappa shape index (κ1) is 18.2. The molecule has 0 radical (unpaired) electrons. The third kappa shape index (κ3) is 7.56. The van der Waals surface area contributed by atoms with Crippen LogP contribution in [0.25, 0.3) is 0 Å². The highest BCUT2D eigenvalue weighted by atomic mass is 16.5. The molecular weight excluding hydrogens is 254 g/mol. The number of rotatable bonds is 7. The smallest absolute Gasteiger partial charge is 0.226 e. The van der Waals surface area contributed by atoms with Gasteiger partial charge in [0.15, 0.2) is 0 Å². The zero-order chi connectivity index (χ0) is 15.4. The molecule has 1 aromatic rings. The quantitative estimate of drug-likeness (QED) is 0.780. The Balaban J connectivity index is 0.00000172. The van der Waals surface area contributed by atoms with Crippen molar-refractivity contribution in [1.29, 1.82) is 0 Å². The van der Waals surface area contributed by atoms with Crippen LogP contribution in [0.3, 0.4) is 0 Å². The van der Waals surface area contributed by atoms with Crippen LogP contribution in [0.15, 0.2) is 24.3 Å². The predicted octanol–water partition coefficient (Wildman–Crippen LogP) is 3.10. The summed E-state index contributed by atoms with van der Waals surface area (Å²) in [6, 6.07) is 7.92. The molecule has 4 heteroatoms. The second-order valence-electron chi connectivity index (χ2n) is 4.15. The summed E-state index contributed by atoms with van der Waals surface area (Å²) in [5.41, 5.74) is 1.26. The maximum absolute atomic E-state index is 11.1. The van der Waals surface area contributed by atoms with Gasteiger partial charge in [-0.2, -0.15) is 0 Å². The number of imide groups is 1. The number of carbonyl (C=O) groups is 2. The molecule has 20 heavy (non-hydrogen) atoms. The normalized spacial score (nSPS) is 10.8. The minimum absolute atomic E-state index is 0.0603. The van der Waals surface area contributed by atoms with Gasteiger partial charge in [0.25, 0.3) is 0 Å². The van der Waals surface area contributed by atoms with Crippen LogP contribution >= 0.6 is 0 Å². The molecule has 1 N–H and O–H groups in total. The maximum atomic E-state index is 11.1. The number of hydrogen-bond donors (Lipinski definition) is 1. The highest BCUT2D eigenvalue weighted by Crippen LogP contribution is 2.15. The van der Waals surface area contributed by atoms with Gasteiger partial charge in [-0.15, -0.1) is 0 Å². The zero-order valence-corrected chi connectivity index (χ0v) is 12.8. The van der Waals surface area contributed by atoms with E-state index in [1.165, 1.54) is 5.56 Å². The van der Waals surface area contributed by atoms with Gasteiger partial charge in [-0.25, -0.2) is 0 Å². The van der Waals surface area contributed by atoms with Crippen molar-refractivity contribution in [3.8, 4) is 5.75 Å². The van der Waals surface area contributed by atoms with Crippen LogP contribution in [0.2, 0.25) is 0 Å². The van der Waals surface area contributed by atoms with Gasteiger partial charge in [0.1, 0.15) is 5.75 Å². The number of ether oxygens (including phenoxy) is 1. The van der Waals surface area contributed by atoms with E-state index >= 15 is 0 Å². The lowest BCUT2D eigenvalue weighted by molar-refractivity contribution is -0.125. The summed E-state index contributed by atoms with van der Waals surface area (Å²) in [4.78, 5) is 21.1. The lowest BCUT2D eigenvalue weighted by Crippen LogP contribution is -2.23. The molecule has 0 aliphatic carbocycles. The van der Waals surface area contributed by atoms with Crippen LogP contribution < -0.4 is 10.1 Å². The van der Waals surface area contributed by atoms with Gasteiger partial charge in [0.05, 0.1) is 6.10 Å². The molecule has 2 amide bonds. The minimum Gasteiger partial charge on any atom is -0.491 e. The number of carbonyl (C=O) groups excluding carboxylic acids is 2. The van der Waals surface area contributed by atoms with Crippen molar-refractivity contribution < 1.29 is 14.3 Å².